The number of rotatable bonds is 11. The molecule has 1 aromatic heterocycles. The highest BCUT2D eigenvalue weighted by molar-refractivity contribution is 5.98. The van der Waals surface area contributed by atoms with E-state index >= 15 is 0 Å². The molecule has 0 aromatic carbocycles. The Kier molecular flexibility index (Phi) is 12.2. The lowest BCUT2D eigenvalue weighted by atomic mass is 9.86. The molecule has 2 heterocycles. The van der Waals surface area contributed by atoms with Crippen molar-refractivity contribution in [2.24, 2.45) is 17.8 Å². The Morgan fingerprint density at radius 2 is 1.85 bits per heavy atom. The number of ether oxygens (including phenoxy) is 5. The molecule has 2 aliphatic rings. The van der Waals surface area contributed by atoms with Gasteiger partial charge in [0, 0.05) is 19.2 Å². The highest BCUT2D eigenvalue weighted by atomic mass is 16.7. The molecule has 11 heteroatoms. The van der Waals surface area contributed by atoms with Crippen molar-refractivity contribution in [2.75, 3.05) is 13.9 Å². The number of nitrogens with zero attached hydrogens (tertiary/aromatic N) is 1. The molecule has 2 fully saturated rings. The zero-order valence-corrected chi connectivity index (χ0v) is 24.8. The second-order valence-electron chi connectivity index (χ2n) is 11.3. The van der Waals surface area contributed by atoms with Crippen LogP contribution in [-0.2, 0) is 28.6 Å². The minimum absolute atomic E-state index is 0.0220. The SMILES string of the molecule is COc1ccnc(C(=O)N[C@H]2CCC[C@H](CCC(C)C)[C@@H](OC(=O)C3CCCC3)[C@H](C)OC2=O)c1OCOC(C)=O. The van der Waals surface area contributed by atoms with Crippen LogP contribution in [0.3, 0.4) is 0 Å². The van der Waals surface area contributed by atoms with Gasteiger partial charge in [0.25, 0.3) is 5.91 Å². The molecule has 1 aliphatic heterocycles. The van der Waals surface area contributed by atoms with Crippen molar-refractivity contribution in [3.63, 3.8) is 0 Å². The van der Waals surface area contributed by atoms with E-state index in [1.54, 1.807) is 6.92 Å². The second kappa shape index (κ2) is 15.6. The molecule has 4 atom stereocenters. The Balaban J connectivity index is 1.77. The third-order valence-corrected chi connectivity index (χ3v) is 7.71. The molecule has 1 saturated carbocycles. The summed E-state index contributed by atoms with van der Waals surface area (Å²) in [6, 6.07) is 0.550. The van der Waals surface area contributed by atoms with Gasteiger partial charge < -0.3 is 29.0 Å². The minimum atomic E-state index is -0.950. The third kappa shape index (κ3) is 9.33. The fourth-order valence-electron chi connectivity index (χ4n) is 5.44. The number of nitrogens with one attached hydrogen (secondary N) is 1. The monoisotopic (exact) mass is 576 g/mol. The lowest BCUT2D eigenvalue weighted by Crippen LogP contribution is -2.45. The fourth-order valence-corrected chi connectivity index (χ4v) is 5.44. The van der Waals surface area contributed by atoms with Gasteiger partial charge in [0.1, 0.15) is 18.2 Å². The zero-order chi connectivity index (χ0) is 29.9. The maximum absolute atomic E-state index is 13.3. The Bertz CT molecular complexity index is 1050. The van der Waals surface area contributed by atoms with Gasteiger partial charge in [-0.05, 0) is 50.9 Å². The standard InChI is InChI=1S/C30H44N2O9/c1-18(2)13-14-21-11-8-12-23(30(36)40-19(3)26(21)41-29(35)22-9-6-7-10-22)32-28(34)25-27(39-17-38-20(4)33)24(37-5)15-16-31-25/h15-16,18-19,21-23,26H,6-14,17H2,1-5H3,(H,32,34)/t19-,21+,23-,26-/m0/s1. The molecule has 0 radical (unpaired) electrons. The van der Waals surface area contributed by atoms with Crippen LogP contribution < -0.4 is 14.8 Å². The second-order valence-corrected chi connectivity index (χ2v) is 11.3. The number of methoxy groups -OCH3 is 1. The van der Waals surface area contributed by atoms with Crippen LogP contribution in [0, 0.1) is 17.8 Å². The van der Waals surface area contributed by atoms with Gasteiger partial charge in [0.15, 0.2) is 17.2 Å². The highest BCUT2D eigenvalue weighted by Gasteiger charge is 2.38. The number of esters is 3. The zero-order valence-electron chi connectivity index (χ0n) is 24.8. The maximum atomic E-state index is 13.3. The molecular weight excluding hydrogens is 532 g/mol. The van der Waals surface area contributed by atoms with E-state index in [0.29, 0.717) is 18.8 Å². The van der Waals surface area contributed by atoms with E-state index in [1.807, 2.05) is 0 Å². The third-order valence-electron chi connectivity index (χ3n) is 7.71. The summed E-state index contributed by atoms with van der Waals surface area (Å²) in [6.45, 7) is 6.84. The van der Waals surface area contributed by atoms with E-state index < -0.39 is 42.9 Å². The molecule has 0 unspecified atom stereocenters. The van der Waals surface area contributed by atoms with Crippen molar-refractivity contribution in [1.82, 2.24) is 10.3 Å². The van der Waals surface area contributed by atoms with Gasteiger partial charge in [0.2, 0.25) is 6.79 Å². The number of carbonyl (C=O) groups excluding carboxylic acids is 4. The predicted molar refractivity (Wildman–Crippen MR) is 148 cm³/mol. The van der Waals surface area contributed by atoms with Crippen molar-refractivity contribution >= 4 is 23.8 Å². The topological polar surface area (TPSA) is 139 Å². The lowest BCUT2D eigenvalue weighted by molar-refractivity contribution is -0.174. The van der Waals surface area contributed by atoms with Gasteiger partial charge in [-0.2, -0.15) is 0 Å². The molecule has 41 heavy (non-hydrogen) atoms. The molecule has 1 aromatic rings. The first kappa shape index (κ1) is 32.1. The van der Waals surface area contributed by atoms with E-state index in [0.717, 1.165) is 44.9 Å². The van der Waals surface area contributed by atoms with Gasteiger partial charge >= 0.3 is 17.9 Å². The van der Waals surface area contributed by atoms with Crippen LogP contribution in [0.4, 0.5) is 0 Å². The van der Waals surface area contributed by atoms with Crippen molar-refractivity contribution in [2.45, 2.75) is 104 Å². The van der Waals surface area contributed by atoms with E-state index in [1.165, 1.54) is 26.3 Å². The average molecular weight is 577 g/mol. The van der Waals surface area contributed by atoms with Crippen LogP contribution in [0.1, 0.15) is 96.0 Å². The van der Waals surface area contributed by atoms with Crippen LogP contribution in [0.5, 0.6) is 11.5 Å². The summed E-state index contributed by atoms with van der Waals surface area (Å²) in [5.74, 6) is -1.45. The summed E-state index contributed by atoms with van der Waals surface area (Å²) < 4.78 is 27.5. The largest absolute Gasteiger partial charge is 0.493 e. The number of pyridine rings is 1. The summed E-state index contributed by atoms with van der Waals surface area (Å²) in [7, 11) is 1.40. The van der Waals surface area contributed by atoms with E-state index in [9.17, 15) is 19.2 Å². The number of cyclic esters (lactones) is 1. The highest BCUT2D eigenvalue weighted by Crippen LogP contribution is 2.33. The summed E-state index contributed by atoms with van der Waals surface area (Å²) in [5, 5.41) is 2.73. The van der Waals surface area contributed by atoms with Gasteiger partial charge in [0.05, 0.1) is 13.0 Å². The van der Waals surface area contributed by atoms with E-state index in [-0.39, 0.29) is 35.0 Å². The minimum Gasteiger partial charge on any atom is -0.493 e. The molecule has 1 amide bonds. The molecule has 3 rings (SSSR count). The summed E-state index contributed by atoms with van der Waals surface area (Å²) in [5.41, 5.74) is -0.129. The Morgan fingerprint density at radius 1 is 1.12 bits per heavy atom. The molecule has 11 nitrogen and oxygen atoms in total. The normalized spacial score (nSPS) is 23.5. The van der Waals surface area contributed by atoms with Crippen LogP contribution >= 0.6 is 0 Å². The van der Waals surface area contributed by atoms with Crippen molar-refractivity contribution in [1.29, 1.82) is 0 Å². The van der Waals surface area contributed by atoms with Crippen LogP contribution in [0.25, 0.3) is 0 Å². The summed E-state index contributed by atoms with van der Waals surface area (Å²) in [6.07, 6.45) is 7.32. The number of carbonyl (C=O) groups is 4. The van der Waals surface area contributed by atoms with Crippen LogP contribution in [0.15, 0.2) is 12.3 Å². The molecule has 0 bridgehead atoms. The Labute approximate surface area is 242 Å². The molecule has 1 aliphatic carbocycles. The Morgan fingerprint density at radius 3 is 2.51 bits per heavy atom. The van der Waals surface area contributed by atoms with E-state index in [2.05, 4.69) is 24.1 Å². The molecular formula is C30H44N2O9. The van der Waals surface area contributed by atoms with Gasteiger partial charge in [-0.1, -0.05) is 39.5 Å². The van der Waals surface area contributed by atoms with Gasteiger partial charge in [-0.25, -0.2) is 9.78 Å². The van der Waals surface area contributed by atoms with Gasteiger partial charge in [-0.15, -0.1) is 0 Å². The fraction of sp³-hybridized carbons (Fsp3) is 0.700. The average Bonchev–Trinajstić information content (AvgIpc) is 3.48. The first-order valence-corrected chi connectivity index (χ1v) is 14.6. The summed E-state index contributed by atoms with van der Waals surface area (Å²) >= 11 is 0. The quantitative estimate of drug-likeness (QED) is 0.230. The first-order valence-electron chi connectivity index (χ1n) is 14.6. The van der Waals surface area contributed by atoms with Crippen molar-refractivity contribution in [3.05, 3.63) is 18.0 Å². The van der Waals surface area contributed by atoms with Crippen molar-refractivity contribution in [3.8, 4) is 11.5 Å². The maximum Gasteiger partial charge on any atom is 0.329 e. The summed E-state index contributed by atoms with van der Waals surface area (Å²) in [4.78, 5) is 54.9. The number of hydrogen-bond donors (Lipinski definition) is 1. The molecule has 1 N–H and O–H groups in total. The molecule has 0 spiro atoms. The van der Waals surface area contributed by atoms with Crippen LogP contribution in [-0.4, -0.2) is 61.0 Å². The number of amides is 1. The van der Waals surface area contributed by atoms with E-state index in [4.69, 9.17) is 23.7 Å². The first-order chi connectivity index (χ1) is 19.6. The lowest BCUT2D eigenvalue weighted by Gasteiger charge is -2.32. The van der Waals surface area contributed by atoms with Gasteiger partial charge in [-0.3, -0.25) is 14.4 Å². The smallest absolute Gasteiger partial charge is 0.329 e. The molecule has 228 valence electrons. The van der Waals surface area contributed by atoms with Crippen molar-refractivity contribution < 1.29 is 42.9 Å². The molecule has 1 saturated heterocycles. The predicted octanol–water partition coefficient (Wildman–Crippen LogP) is 4.36. The number of aromatic nitrogens is 1. The Hall–Kier alpha value is -3.37. The number of hydrogen-bond acceptors (Lipinski definition) is 10. The van der Waals surface area contributed by atoms with Crippen LogP contribution in [0.2, 0.25) is 0 Å².